The number of nitrogens with two attached hydrogens (primary N) is 1. The maximum absolute atomic E-state index is 6.05. The molecule has 1 aromatic carbocycles. The van der Waals surface area contributed by atoms with E-state index in [-0.39, 0.29) is 24.0 Å². The summed E-state index contributed by atoms with van der Waals surface area (Å²) in [5.41, 5.74) is 6.92. The summed E-state index contributed by atoms with van der Waals surface area (Å²) in [5.74, 6) is 2.49. The molecule has 0 saturated carbocycles. The Morgan fingerprint density at radius 2 is 1.88 bits per heavy atom. The third kappa shape index (κ3) is 6.50. The summed E-state index contributed by atoms with van der Waals surface area (Å²) in [6.07, 6.45) is 4.92. The zero-order valence-corrected chi connectivity index (χ0v) is 17.9. The molecule has 146 valence electrons. The van der Waals surface area contributed by atoms with Crippen LogP contribution >= 0.6 is 24.0 Å². The number of hydrogen-bond donors (Lipinski definition) is 2. The molecule has 1 saturated heterocycles. The summed E-state index contributed by atoms with van der Waals surface area (Å²) >= 11 is 0. The van der Waals surface area contributed by atoms with Gasteiger partial charge in [0, 0.05) is 31.3 Å². The van der Waals surface area contributed by atoms with Gasteiger partial charge >= 0.3 is 0 Å². The van der Waals surface area contributed by atoms with Crippen molar-refractivity contribution in [3.63, 3.8) is 0 Å². The predicted octanol–water partition coefficient (Wildman–Crippen LogP) is 3.31. The molecule has 3 rings (SSSR count). The lowest BCUT2D eigenvalue weighted by Gasteiger charge is -2.28. The van der Waals surface area contributed by atoms with Crippen LogP contribution in [0.3, 0.4) is 0 Å². The van der Waals surface area contributed by atoms with Gasteiger partial charge in [0.2, 0.25) is 0 Å². The summed E-state index contributed by atoms with van der Waals surface area (Å²) in [7, 11) is 0. The fraction of sp³-hybridized carbons (Fsp3) is 0.632. The van der Waals surface area contributed by atoms with Crippen molar-refractivity contribution in [1.29, 1.82) is 0 Å². The van der Waals surface area contributed by atoms with Crippen molar-refractivity contribution >= 4 is 35.6 Å². The van der Waals surface area contributed by atoms with E-state index in [0.717, 1.165) is 36.7 Å². The third-order valence-electron chi connectivity index (χ3n) is 4.61. The number of likely N-dealkylation sites (tertiary alicyclic amines) is 1. The number of nitrogens with one attached hydrogen (secondary N) is 1. The van der Waals surface area contributed by atoms with Crippen LogP contribution in [0.2, 0.25) is 0 Å². The normalized spacial score (nSPS) is 19.2. The molecule has 2 aliphatic heterocycles. The first-order chi connectivity index (χ1) is 12.2. The Balaban J connectivity index is 0.00000243. The first-order valence-corrected chi connectivity index (χ1v) is 9.39. The van der Waals surface area contributed by atoms with Gasteiger partial charge in [0.05, 0.1) is 13.2 Å². The highest BCUT2D eigenvalue weighted by molar-refractivity contribution is 14.0. The molecule has 2 heterocycles. The second kappa shape index (κ2) is 10.8. The number of aliphatic imine (C=N–C) groups is 1. The Morgan fingerprint density at radius 3 is 2.65 bits per heavy atom. The Morgan fingerprint density at radius 1 is 1.15 bits per heavy atom. The lowest BCUT2D eigenvalue weighted by atomic mass is 10.1. The highest BCUT2D eigenvalue weighted by Gasteiger charge is 2.14. The minimum atomic E-state index is 0. The summed E-state index contributed by atoms with van der Waals surface area (Å²) < 4.78 is 11.3. The van der Waals surface area contributed by atoms with Gasteiger partial charge in [0.1, 0.15) is 0 Å². The number of fused-ring (bicyclic) bond motifs is 1. The molecule has 3 N–H and O–H groups in total. The van der Waals surface area contributed by atoms with Crippen molar-refractivity contribution in [2.24, 2.45) is 16.6 Å². The van der Waals surface area contributed by atoms with Crippen LogP contribution in [-0.4, -0.2) is 50.3 Å². The van der Waals surface area contributed by atoms with E-state index in [9.17, 15) is 0 Å². The number of benzene rings is 1. The minimum absolute atomic E-state index is 0. The average molecular weight is 474 g/mol. The van der Waals surface area contributed by atoms with E-state index in [0.29, 0.717) is 25.1 Å². The zero-order valence-electron chi connectivity index (χ0n) is 15.6. The maximum atomic E-state index is 6.05. The van der Waals surface area contributed by atoms with E-state index in [1.807, 2.05) is 18.2 Å². The summed E-state index contributed by atoms with van der Waals surface area (Å²) in [6.45, 7) is 7.88. The van der Waals surface area contributed by atoms with Crippen LogP contribution in [0.4, 0.5) is 5.69 Å². The largest absolute Gasteiger partial charge is 0.490 e. The monoisotopic (exact) mass is 474 g/mol. The minimum Gasteiger partial charge on any atom is -0.490 e. The van der Waals surface area contributed by atoms with Gasteiger partial charge in [0.15, 0.2) is 17.5 Å². The number of nitrogens with zero attached hydrogens (tertiary/aromatic N) is 2. The topological polar surface area (TPSA) is 72.1 Å². The number of anilines is 1. The summed E-state index contributed by atoms with van der Waals surface area (Å²) in [4.78, 5) is 7.04. The zero-order chi connectivity index (χ0) is 17.5. The molecule has 0 aliphatic carbocycles. The number of ether oxygens (including phenoxy) is 2. The van der Waals surface area contributed by atoms with Gasteiger partial charge in [-0.15, -0.1) is 24.0 Å². The van der Waals surface area contributed by atoms with Crippen LogP contribution in [-0.2, 0) is 0 Å². The molecule has 1 fully saturated rings. The van der Waals surface area contributed by atoms with E-state index in [4.69, 9.17) is 15.2 Å². The number of guanidine groups is 1. The lowest BCUT2D eigenvalue weighted by Crippen LogP contribution is -2.34. The van der Waals surface area contributed by atoms with Gasteiger partial charge < -0.3 is 25.4 Å². The molecule has 0 aromatic heterocycles. The van der Waals surface area contributed by atoms with Crippen LogP contribution in [0.1, 0.15) is 32.6 Å². The van der Waals surface area contributed by atoms with E-state index in [2.05, 4.69) is 22.1 Å². The van der Waals surface area contributed by atoms with Crippen molar-refractivity contribution in [3.05, 3.63) is 18.2 Å². The van der Waals surface area contributed by atoms with Crippen LogP contribution in [0.15, 0.2) is 23.2 Å². The number of hydrogen-bond acceptors (Lipinski definition) is 4. The molecule has 0 amide bonds. The molecule has 0 spiro atoms. The maximum Gasteiger partial charge on any atom is 0.193 e. The van der Waals surface area contributed by atoms with Crippen molar-refractivity contribution in [2.45, 2.75) is 32.6 Å². The van der Waals surface area contributed by atoms with Crippen molar-refractivity contribution in [2.75, 3.05) is 44.7 Å². The molecule has 1 unspecified atom stereocenters. The third-order valence-corrected chi connectivity index (χ3v) is 4.61. The van der Waals surface area contributed by atoms with Gasteiger partial charge in [-0.1, -0.05) is 13.3 Å². The lowest BCUT2D eigenvalue weighted by molar-refractivity contribution is 0.203. The Hall–Kier alpha value is -1.22. The van der Waals surface area contributed by atoms with E-state index in [1.54, 1.807) is 0 Å². The first-order valence-electron chi connectivity index (χ1n) is 9.39. The molecule has 0 radical (unpaired) electrons. The van der Waals surface area contributed by atoms with Crippen molar-refractivity contribution < 1.29 is 9.47 Å². The summed E-state index contributed by atoms with van der Waals surface area (Å²) in [5, 5.41) is 3.15. The molecule has 1 atom stereocenters. The predicted molar refractivity (Wildman–Crippen MR) is 117 cm³/mol. The molecule has 6 nitrogen and oxygen atoms in total. The van der Waals surface area contributed by atoms with Crippen LogP contribution in [0.25, 0.3) is 0 Å². The van der Waals surface area contributed by atoms with Crippen LogP contribution in [0, 0.1) is 5.92 Å². The smallest absolute Gasteiger partial charge is 0.193 e. The quantitative estimate of drug-likeness (QED) is 0.389. The second-order valence-electron chi connectivity index (χ2n) is 7.03. The van der Waals surface area contributed by atoms with Gasteiger partial charge in [0.25, 0.3) is 0 Å². The van der Waals surface area contributed by atoms with Gasteiger partial charge in [-0.2, -0.15) is 0 Å². The summed E-state index contributed by atoms with van der Waals surface area (Å²) in [6, 6.07) is 5.77. The van der Waals surface area contributed by atoms with Gasteiger partial charge in [-0.3, -0.25) is 4.99 Å². The molecule has 0 bridgehead atoms. The van der Waals surface area contributed by atoms with E-state index >= 15 is 0 Å². The van der Waals surface area contributed by atoms with E-state index in [1.165, 1.54) is 32.4 Å². The Bertz CT molecular complexity index is 591. The number of piperidine rings is 1. The average Bonchev–Trinajstić information content (AvgIpc) is 2.86. The van der Waals surface area contributed by atoms with Crippen molar-refractivity contribution in [3.8, 4) is 11.5 Å². The molecule has 1 aromatic rings. The second-order valence-corrected chi connectivity index (χ2v) is 7.03. The molecule has 7 heteroatoms. The van der Waals surface area contributed by atoms with Gasteiger partial charge in [-0.25, -0.2) is 0 Å². The molecule has 2 aliphatic rings. The fourth-order valence-electron chi connectivity index (χ4n) is 3.32. The Kier molecular flexibility index (Phi) is 8.77. The number of rotatable bonds is 5. The fourth-order valence-corrected chi connectivity index (χ4v) is 3.32. The van der Waals surface area contributed by atoms with Crippen molar-refractivity contribution in [1.82, 2.24) is 4.90 Å². The molecule has 26 heavy (non-hydrogen) atoms. The highest BCUT2D eigenvalue weighted by Crippen LogP contribution is 2.32. The first kappa shape index (κ1) is 21.1. The van der Waals surface area contributed by atoms with Crippen LogP contribution < -0.4 is 20.5 Å². The number of halogens is 1. The Labute approximate surface area is 173 Å². The SMILES string of the molecule is CC(CN=C(N)Nc1ccc2c(c1)OCCCO2)CN1CCCCC1.I. The standard InChI is InChI=1S/C19H30N4O2.HI/c1-15(14-23-8-3-2-4-9-23)13-21-19(20)22-16-6-7-17-18(12-16)25-11-5-10-24-17;/h6-7,12,15H,2-5,8-11,13-14H2,1H3,(H3,20,21,22);1H. The highest BCUT2D eigenvalue weighted by atomic mass is 127. The van der Waals surface area contributed by atoms with Crippen LogP contribution in [0.5, 0.6) is 11.5 Å². The van der Waals surface area contributed by atoms with Gasteiger partial charge in [-0.05, 0) is 44.0 Å². The molecular formula is C19H31IN4O2. The van der Waals surface area contributed by atoms with E-state index < -0.39 is 0 Å². The molecular weight excluding hydrogens is 443 g/mol.